The van der Waals surface area contributed by atoms with Crippen molar-refractivity contribution in [2.75, 3.05) is 13.2 Å². The van der Waals surface area contributed by atoms with Crippen LogP contribution in [0.1, 0.15) is 19.4 Å². The number of benzene rings is 1. The van der Waals surface area contributed by atoms with E-state index >= 15 is 0 Å². The van der Waals surface area contributed by atoms with Gasteiger partial charge in [-0.1, -0.05) is 42.5 Å². The van der Waals surface area contributed by atoms with Crippen LogP contribution in [0.4, 0.5) is 0 Å². The van der Waals surface area contributed by atoms with Crippen molar-refractivity contribution in [1.29, 1.82) is 0 Å². The lowest BCUT2D eigenvalue weighted by molar-refractivity contribution is -0.184. The first-order valence-electron chi connectivity index (χ1n) is 8.00. The minimum absolute atomic E-state index is 0.0644. The van der Waals surface area contributed by atoms with Gasteiger partial charge in [-0.05, 0) is 19.4 Å². The fourth-order valence-electron chi connectivity index (χ4n) is 2.57. The molecule has 1 aromatic rings. The van der Waals surface area contributed by atoms with E-state index in [-0.39, 0.29) is 18.8 Å². The minimum Gasteiger partial charge on any atom is -0.471 e. The van der Waals surface area contributed by atoms with E-state index in [4.69, 9.17) is 14.2 Å². The Bertz CT molecular complexity index is 671. The van der Waals surface area contributed by atoms with E-state index in [1.807, 2.05) is 30.3 Å². The normalized spacial score (nSPS) is 18.3. The summed E-state index contributed by atoms with van der Waals surface area (Å²) in [5.74, 6) is -2.71. The van der Waals surface area contributed by atoms with Crippen LogP contribution in [0.2, 0.25) is 0 Å². The quantitative estimate of drug-likeness (QED) is 0.429. The molecule has 6 nitrogen and oxygen atoms in total. The van der Waals surface area contributed by atoms with Gasteiger partial charge in [0.15, 0.2) is 0 Å². The van der Waals surface area contributed by atoms with Crippen molar-refractivity contribution in [1.82, 2.24) is 0 Å². The van der Waals surface area contributed by atoms with Gasteiger partial charge in [-0.3, -0.25) is 4.79 Å². The largest absolute Gasteiger partial charge is 0.471 e. The highest BCUT2D eigenvalue weighted by molar-refractivity contribution is 6.07. The number of hydrogen-bond donors (Lipinski definition) is 0. The number of rotatable bonds is 7. The van der Waals surface area contributed by atoms with Crippen LogP contribution in [-0.4, -0.2) is 37.0 Å². The molecule has 0 fully saturated rings. The van der Waals surface area contributed by atoms with Gasteiger partial charge >= 0.3 is 17.5 Å². The van der Waals surface area contributed by atoms with Crippen LogP contribution in [0.3, 0.4) is 0 Å². The predicted octanol–water partition coefficient (Wildman–Crippen LogP) is 2.29. The molecule has 1 heterocycles. The van der Waals surface area contributed by atoms with E-state index in [0.717, 1.165) is 11.8 Å². The number of hydrogen-bond acceptors (Lipinski definition) is 6. The summed E-state index contributed by atoms with van der Waals surface area (Å²) in [5.41, 5.74) is -1.04. The topological polar surface area (TPSA) is 78.9 Å². The second kappa shape index (κ2) is 8.28. The Hall–Kier alpha value is -2.89. The Morgan fingerprint density at radius 3 is 2.24 bits per heavy atom. The first kappa shape index (κ1) is 18.4. The molecule has 1 aliphatic heterocycles. The van der Waals surface area contributed by atoms with Crippen LogP contribution in [-0.2, 0) is 28.6 Å². The number of aldehydes is 1. The molecule has 0 spiro atoms. The summed E-state index contributed by atoms with van der Waals surface area (Å²) < 4.78 is 15.4. The van der Waals surface area contributed by atoms with Crippen molar-refractivity contribution >= 4 is 24.3 Å². The van der Waals surface area contributed by atoms with Crippen molar-refractivity contribution in [3.05, 3.63) is 53.8 Å². The zero-order valence-electron chi connectivity index (χ0n) is 14.1. The molecule has 1 unspecified atom stereocenters. The zero-order chi connectivity index (χ0) is 18.3. The number of ether oxygens (including phenoxy) is 3. The van der Waals surface area contributed by atoms with Crippen molar-refractivity contribution < 1.29 is 28.6 Å². The molecule has 0 saturated heterocycles. The Labute approximate surface area is 146 Å². The molecule has 0 saturated carbocycles. The van der Waals surface area contributed by atoms with Crippen LogP contribution in [0, 0.1) is 5.92 Å². The average Bonchev–Trinajstić information content (AvgIpc) is 3.01. The first-order chi connectivity index (χ1) is 12.1. The van der Waals surface area contributed by atoms with Crippen LogP contribution < -0.4 is 0 Å². The summed E-state index contributed by atoms with van der Waals surface area (Å²) in [6, 6.07) is 9.28. The van der Waals surface area contributed by atoms with E-state index in [2.05, 4.69) is 0 Å². The van der Waals surface area contributed by atoms with Gasteiger partial charge in [0.05, 0.1) is 25.4 Å². The third-order valence-electron chi connectivity index (χ3n) is 3.75. The van der Waals surface area contributed by atoms with E-state index in [1.165, 1.54) is 0 Å². The fourth-order valence-corrected chi connectivity index (χ4v) is 2.57. The van der Waals surface area contributed by atoms with E-state index in [9.17, 15) is 14.4 Å². The van der Waals surface area contributed by atoms with Crippen molar-refractivity contribution in [3.8, 4) is 0 Å². The van der Waals surface area contributed by atoms with Gasteiger partial charge in [-0.2, -0.15) is 0 Å². The van der Waals surface area contributed by atoms with E-state index < -0.39 is 23.5 Å². The third kappa shape index (κ3) is 3.63. The molecule has 0 N–H and O–H groups in total. The van der Waals surface area contributed by atoms with E-state index in [0.29, 0.717) is 6.29 Å². The summed E-state index contributed by atoms with van der Waals surface area (Å²) >= 11 is 0. The van der Waals surface area contributed by atoms with Crippen molar-refractivity contribution in [2.24, 2.45) is 5.92 Å². The Kier molecular flexibility index (Phi) is 6.11. The standard InChI is InChI=1S/C19H20O6/c1-3-23-17(21)19(18(22)24-4-2)16(15(12-20)13-25-19)11-10-14-8-6-5-7-9-14/h5-13,16H,3-4H2,1-2H3/b11-10+. The van der Waals surface area contributed by atoms with Crippen LogP contribution >= 0.6 is 0 Å². The van der Waals surface area contributed by atoms with E-state index in [1.54, 1.807) is 26.0 Å². The molecule has 1 atom stereocenters. The minimum atomic E-state index is -2.05. The number of carbonyl (C=O) groups is 3. The fraction of sp³-hybridized carbons (Fsp3) is 0.316. The van der Waals surface area contributed by atoms with Crippen LogP contribution in [0.5, 0.6) is 0 Å². The van der Waals surface area contributed by atoms with Crippen LogP contribution in [0.15, 0.2) is 48.2 Å². The van der Waals surface area contributed by atoms with Crippen molar-refractivity contribution in [3.63, 3.8) is 0 Å². The zero-order valence-corrected chi connectivity index (χ0v) is 14.1. The molecule has 132 valence electrons. The Morgan fingerprint density at radius 1 is 1.12 bits per heavy atom. The Morgan fingerprint density at radius 2 is 1.72 bits per heavy atom. The van der Waals surface area contributed by atoms with Gasteiger partial charge in [0.1, 0.15) is 6.29 Å². The summed E-state index contributed by atoms with van der Waals surface area (Å²) in [6.45, 7) is 3.37. The van der Waals surface area contributed by atoms with Crippen molar-refractivity contribution in [2.45, 2.75) is 19.4 Å². The highest BCUT2D eigenvalue weighted by Gasteiger charge is 2.60. The third-order valence-corrected chi connectivity index (χ3v) is 3.75. The maximum Gasteiger partial charge on any atom is 0.363 e. The summed E-state index contributed by atoms with van der Waals surface area (Å²) in [5, 5.41) is 0. The first-order valence-corrected chi connectivity index (χ1v) is 8.00. The second-order valence-electron chi connectivity index (χ2n) is 5.28. The second-order valence-corrected chi connectivity index (χ2v) is 5.28. The van der Waals surface area contributed by atoms with Crippen LogP contribution in [0.25, 0.3) is 6.08 Å². The molecule has 1 aliphatic rings. The molecular formula is C19H20O6. The monoisotopic (exact) mass is 344 g/mol. The molecule has 0 bridgehead atoms. The highest BCUT2D eigenvalue weighted by atomic mass is 16.6. The van der Waals surface area contributed by atoms with Gasteiger partial charge in [0.2, 0.25) is 0 Å². The average molecular weight is 344 g/mol. The molecule has 0 amide bonds. The Balaban J connectivity index is 2.45. The van der Waals surface area contributed by atoms with Gasteiger partial charge in [0.25, 0.3) is 0 Å². The maximum absolute atomic E-state index is 12.5. The molecule has 0 aliphatic carbocycles. The van der Waals surface area contributed by atoms with Gasteiger partial charge in [0, 0.05) is 5.57 Å². The molecule has 2 rings (SSSR count). The van der Waals surface area contributed by atoms with Gasteiger partial charge < -0.3 is 14.2 Å². The lowest BCUT2D eigenvalue weighted by atomic mass is 9.83. The summed E-state index contributed by atoms with van der Waals surface area (Å²) in [4.78, 5) is 36.5. The number of esters is 2. The SMILES string of the molecule is CCOC(=O)C1(C(=O)OCC)OC=C(C=O)C1/C=C/c1ccccc1. The molecular weight excluding hydrogens is 324 g/mol. The smallest absolute Gasteiger partial charge is 0.363 e. The molecule has 0 radical (unpaired) electrons. The molecule has 6 heteroatoms. The van der Waals surface area contributed by atoms with Gasteiger partial charge in [-0.25, -0.2) is 9.59 Å². The lowest BCUT2D eigenvalue weighted by Crippen LogP contribution is -2.53. The van der Waals surface area contributed by atoms with Gasteiger partial charge in [-0.15, -0.1) is 0 Å². The highest BCUT2D eigenvalue weighted by Crippen LogP contribution is 2.38. The molecule has 25 heavy (non-hydrogen) atoms. The maximum atomic E-state index is 12.5. The summed E-state index contributed by atoms with van der Waals surface area (Å²) in [7, 11) is 0. The predicted molar refractivity (Wildman–Crippen MR) is 90.2 cm³/mol. The number of carbonyl (C=O) groups excluding carboxylic acids is 3. The lowest BCUT2D eigenvalue weighted by Gasteiger charge is -2.28. The molecule has 0 aromatic heterocycles. The molecule has 1 aromatic carbocycles. The summed E-state index contributed by atoms with van der Waals surface area (Å²) in [6.07, 6.45) is 4.96.